The molecule has 0 unspecified atom stereocenters. The van der Waals surface area contributed by atoms with Crippen molar-refractivity contribution in [2.45, 2.75) is 18.9 Å². The van der Waals surface area contributed by atoms with Crippen LogP contribution in [0.1, 0.15) is 23.2 Å². The van der Waals surface area contributed by atoms with Crippen molar-refractivity contribution in [3.63, 3.8) is 0 Å². The van der Waals surface area contributed by atoms with Crippen LogP contribution in [-0.2, 0) is 4.74 Å². The first kappa shape index (κ1) is 14.6. The highest BCUT2D eigenvalue weighted by atomic mass is 16.5. The van der Waals surface area contributed by atoms with Gasteiger partial charge in [-0.1, -0.05) is 0 Å². The monoisotopic (exact) mass is 279 g/mol. The summed E-state index contributed by atoms with van der Waals surface area (Å²) in [5.41, 5.74) is 12.9. The third-order valence-electron chi connectivity index (χ3n) is 3.48. The van der Waals surface area contributed by atoms with Crippen molar-refractivity contribution in [2.24, 2.45) is 0 Å². The second-order valence-corrected chi connectivity index (χ2v) is 4.93. The molecular formula is C14H21N3O3. The smallest absolute Gasteiger partial charge is 0.255 e. The van der Waals surface area contributed by atoms with Crippen LogP contribution in [0.25, 0.3) is 0 Å². The van der Waals surface area contributed by atoms with Crippen LogP contribution in [0.15, 0.2) is 18.2 Å². The van der Waals surface area contributed by atoms with Gasteiger partial charge in [0, 0.05) is 24.5 Å². The van der Waals surface area contributed by atoms with E-state index in [9.17, 15) is 4.79 Å². The Hall–Kier alpha value is -1.79. The van der Waals surface area contributed by atoms with Crippen LogP contribution < -0.4 is 11.5 Å². The Kier molecular flexibility index (Phi) is 4.81. The Morgan fingerprint density at radius 2 is 2.05 bits per heavy atom. The summed E-state index contributed by atoms with van der Waals surface area (Å²) in [5, 5.41) is 8.73. The van der Waals surface area contributed by atoms with E-state index in [4.69, 9.17) is 21.3 Å². The van der Waals surface area contributed by atoms with E-state index in [1.165, 1.54) is 0 Å². The van der Waals surface area contributed by atoms with Crippen LogP contribution in [0.3, 0.4) is 0 Å². The highest BCUT2D eigenvalue weighted by Gasteiger charge is 2.24. The molecule has 1 amide bonds. The number of ether oxygens (including phenoxy) is 1. The number of nitrogen functional groups attached to an aromatic ring is 2. The predicted octanol–water partition coefficient (Wildman–Crippen LogP) is 0.464. The number of carbonyl (C=O) groups excluding carboxylic acids is 1. The molecule has 1 aromatic rings. The van der Waals surface area contributed by atoms with Crippen LogP contribution >= 0.6 is 0 Å². The Morgan fingerprint density at radius 1 is 1.35 bits per heavy atom. The summed E-state index contributed by atoms with van der Waals surface area (Å²) in [6.07, 6.45) is 1.68. The highest BCUT2D eigenvalue weighted by Crippen LogP contribution is 2.21. The second-order valence-electron chi connectivity index (χ2n) is 4.93. The minimum atomic E-state index is -0.0666. The Morgan fingerprint density at radius 3 is 2.65 bits per heavy atom. The Balaban J connectivity index is 1.94. The normalized spacial score (nSPS) is 16.4. The fraction of sp³-hybridized carbons (Fsp3) is 0.500. The number of nitrogens with zero attached hydrogens (tertiary/aromatic N) is 1. The van der Waals surface area contributed by atoms with Crippen molar-refractivity contribution in [1.29, 1.82) is 0 Å². The minimum Gasteiger partial charge on any atom is -0.399 e. The largest absolute Gasteiger partial charge is 0.399 e. The lowest BCUT2D eigenvalue weighted by atomic mass is 10.1. The first-order valence-corrected chi connectivity index (χ1v) is 6.78. The molecule has 5 N–H and O–H groups in total. The lowest BCUT2D eigenvalue weighted by Gasteiger charge is -2.32. The number of aliphatic hydroxyl groups excluding tert-OH is 1. The summed E-state index contributed by atoms with van der Waals surface area (Å²) in [4.78, 5) is 14.2. The second kappa shape index (κ2) is 6.58. The van der Waals surface area contributed by atoms with Gasteiger partial charge in [0.25, 0.3) is 5.91 Å². The zero-order valence-corrected chi connectivity index (χ0v) is 11.4. The fourth-order valence-electron chi connectivity index (χ4n) is 2.39. The van der Waals surface area contributed by atoms with E-state index in [2.05, 4.69) is 0 Å². The van der Waals surface area contributed by atoms with Crippen LogP contribution in [0.2, 0.25) is 0 Å². The maximum Gasteiger partial charge on any atom is 0.255 e. The van der Waals surface area contributed by atoms with Gasteiger partial charge in [-0.25, -0.2) is 0 Å². The standard InChI is InChI=1S/C14H21N3O3/c15-10-1-2-12(13(16)9-10)14(19)17-5-3-11(4-6-17)20-8-7-18/h1-2,9,11,18H,3-8,15-16H2. The molecule has 1 fully saturated rings. The molecule has 1 aliphatic rings. The van der Waals surface area contributed by atoms with Crippen molar-refractivity contribution in [1.82, 2.24) is 4.90 Å². The molecule has 1 aromatic carbocycles. The fourth-order valence-corrected chi connectivity index (χ4v) is 2.39. The number of hydrogen-bond acceptors (Lipinski definition) is 5. The molecule has 0 saturated carbocycles. The van der Waals surface area contributed by atoms with Crippen LogP contribution in [-0.4, -0.2) is 48.3 Å². The number of carbonyl (C=O) groups is 1. The van der Waals surface area contributed by atoms with Gasteiger partial charge in [-0.05, 0) is 31.0 Å². The van der Waals surface area contributed by atoms with Crippen molar-refractivity contribution in [3.8, 4) is 0 Å². The van der Waals surface area contributed by atoms with Gasteiger partial charge < -0.3 is 26.2 Å². The van der Waals surface area contributed by atoms with Crippen LogP contribution in [0, 0.1) is 0 Å². The molecule has 1 saturated heterocycles. The summed E-state index contributed by atoms with van der Waals surface area (Å²) >= 11 is 0. The van der Waals surface area contributed by atoms with E-state index >= 15 is 0 Å². The van der Waals surface area contributed by atoms with Crippen molar-refractivity contribution in [3.05, 3.63) is 23.8 Å². The zero-order chi connectivity index (χ0) is 14.5. The lowest BCUT2D eigenvalue weighted by molar-refractivity contribution is -0.00552. The van der Waals surface area contributed by atoms with Crippen molar-refractivity contribution < 1.29 is 14.6 Å². The molecule has 0 atom stereocenters. The maximum atomic E-state index is 12.4. The molecular weight excluding hydrogens is 258 g/mol. The van der Waals surface area contributed by atoms with E-state index in [-0.39, 0.29) is 18.6 Å². The Labute approximate surface area is 118 Å². The molecule has 1 aliphatic heterocycles. The van der Waals surface area contributed by atoms with E-state index in [0.29, 0.717) is 36.6 Å². The summed E-state index contributed by atoms with van der Waals surface area (Å²) in [6, 6.07) is 4.95. The number of benzene rings is 1. The van der Waals surface area contributed by atoms with E-state index in [1.807, 2.05) is 0 Å². The zero-order valence-electron chi connectivity index (χ0n) is 11.4. The molecule has 110 valence electrons. The van der Waals surface area contributed by atoms with Crippen LogP contribution in [0.4, 0.5) is 11.4 Å². The summed E-state index contributed by atoms with van der Waals surface area (Å²) in [7, 11) is 0. The molecule has 0 bridgehead atoms. The average Bonchev–Trinajstić information content (AvgIpc) is 2.45. The summed E-state index contributed by atoms with van der Waals surface area (Å²) in [5.74, 6) is -0.0666. The lowest BCUT2D eigenvalue weighted by Crippen LogP contribution is -2.41. The molecule has 2 rings (SSSR count). The number of anilines is 2. The van der Waals surface area contributed by atoms with Crippen molar-refractivity contribution in [2.75, 3.05) is 37.8 Å². The summed E-state index contributed by atoms with van der Waals surface area (Å²) in [6.45, 7) is 1.65. The SMILES string of the molecule is Nc1ccc(C(=O)N2CCC(OCCO)CC2)c(N)c1. The van der Waals surface area contributed by atoms with Gasteiger partial charge in [0.2, 0.25) is 0 Å². The van der Waals surface area contributed by atoms with Gasteiger partial charge in [-0.15, -0.1) is 0 Å². The number of likely N-dealkylation sites (tertiary alicyclic amines) is 1. The van der Waals surface area contributed by atoms with E-state index in [0.717, 1.165) is 12.8 Å². The van der Waals surface area contributed by atoms with Gasteiger partial charge in [-0.2, -0.15) is 0 Å². The molecule has 6 nitrogen and oxygen atoms in total. The van der Waals surface area contributed by atoms with Gasteiger partial charge >= 0.3 is 0 Å². The maximum absolute atomic E-state index is 12.4. The number of hydrogen-bond donors (Lipinski definition) is 3. The summed E-state index contributed by atoms with van der Waals surface area (Å²) < 4.78 is 5.48. The number of aliphatic hydroxyl groups is 1. The molecule has 0 aromatic heterocycles. The minimum absolute atomic E-state index is 0.0289. The number of rotatable bonds is 4. The highest BCUT2D eigenvalue weighted by molar-refractivity contribution is 5.99. The predicted molar refractivity (Wildman–Crippen MR) is 77.2 cm³/mol. The number of amides is 1. The van der Waals surface area contributed by atoms with Gasteiger partial charge in [0.1, 0.15) is 0 Å². The molecule has 0 spiro atoms. The van der Waals surface area contributed by atoms with E-state index < -0.39 is 0 Å². The third kappa shape index (κ3) is 3.40. The van der Waals surface area contributed by atoms with Crippen molar-refractivity contribution >= 4 is 17.3 Å². The molecule has 20 heavy (non-hydrogen) atoms. The number of nitrogens with two attached hydrogens (primary N) is 2. The van der Waals surface area contributed by atoms with Gasteiger partial charge in [0.05, 0.1) is 24.9 Å². The van der Waals surface area contributed by atoms with E-state index in [1.54, 1.807) is 23.1 Å². The third-order valence-corrected chi connectivity index (χ3v) is 3.48. The topological polar surface area (TPSA) is 102 Å². The molecule has 6 heteroatoms. The first-order valence-electron chi connectivity index (χ1n) is 6.78. The quantitative estimate of drug-likeness (QED) is 0.695. The van der Waals surface area contributed by atoms with Crippen LogP contribution in [0.5, 0.6) is 0 Å². The average molecular weight is 279 g/mol. The first-order chi connectivity index (χ1) is 9.61. The molecule has 0 radical (unpaired) electrons. The molecule has 0 aliphatic carbocycles. The van der Waals surface area contributed by atoms with Gasteiger partial charge in [0.15, 0.2) is 0 Å². The number of piperidine rings is 1. The molecule has 1 heterocycles. The van der Waals surface area contributed by atoms with Gasteiger partial charge in [-0.3, -0.25) is 4.79 Å². The Bertz CT molecular complexity index is 471.